The predicted octanol–water partition coefficient (Wildman–Crippen LogP) is 1.27. The van der Waals surface area contributed by atoms with E-state index in [1.807, 2.05) is 0 Å². The highest BCUT2D eigenvalue weighted by Crippen LogP contribution is 2.27. The van der Waals surface area contributed by atoms with Crippen LogP contribution in [0.15, 0.2) is 30.6 Å². The van der Waals surface area contributed by atoms with Gasteiger partial charge in [-0.1, -0.05) is 22.9 Å². The van der Waals surface area contributed by atoms with Crippen LogP contribution in [0.4, 0.5) is 5.69 Å². The standard InChI is InChI=1S/C11H10ClN5O3/c12-9-3-1-2-8(10(9)17(19)20)11(18)13-4-6-16-7-5-14-15-16/h1-3,5,7H,4,6H2,(H,13,18). The summed E-state index contributed by atoms with van der Waals surface area (Å²) in [5.41, 5.74) is -0.464. The topological polar surface area (TPSA) is 103 Å². The van der Waals surface area contributed by atoms with Gasteiger partial charge in [0, 0.05) is 12.7 Å². The van der Waals surface area contributed by atoms with Gasteiger partial charge in [0.05, 0.1) is 17.7 Å². The smallest absolute Gasteiger partial charge is 0.300 e. The van der Waals surface area contributed by atoms with E-state index in [2.05, 4.69) is 15.6 Å². The fraction of sp³-hybridized carbons (Fsp3) is 0.182. The maximum Gasteiger partial charge on any atom is 0.300 e. The van der Waals surface area contributed by atoms with Crippen LogP contribution in [-0.4, -0.2) is 32.4 Å². The molecule has 0 fully saturated rings. The summed E-state index contributed by atoms with van der Waals surface area (Å²) in [6, 6.07) is 4.21. The van der Waals surface area contributed by atoms with Gasteiger partial charge in [-0.15, -0.1) is 5.10 Å². The molecule has 0 aliphatic rings. The molecular weight excluding hydrogens is 286 g/mol. The number of para-hydroxylation sites is 1. The summed E-state index contributed by atoms with van der Waals surface area (Å²) in [6.07, 6.45) is 3.16. The maximum absolute atomic E-state index is 11.9. The quantitative estimate of drug-likeness (QED) is 0.661. The summed E-state index contributed by atoms with van der Waals surface area (Å²) >= 11 is 5.74. The molecule has 0 radical (unpaired) electrons. The first kappa shape index (κ1) is 13.9. The summed E-state index contributed by atoms with van der Waals surface area (Å²) in [7, 11) is 0. The van der Waals surface area contributed by atoms with Crippen molar-refractivity contribution in [2.75, 3.05) is 6.54 Å². The average Bonchev–Trinajstić information content (AvgIpc) is 2.91. The van der Waals surface area contributed by atoms with Gasteiger partial charge in [0.15, 0.2) is 0 Å². The van der Waals surface area contributed by atoms with Crippen molar-refractivity contribution in [1.29, 1.82) is 0 Å². The molecule has 0 unspecified atom stereocenters. The highest BCUT2D eigenvalue weighted by Gasteiger charge is 2.23. The maximum atomic E-state index is 11.9. The second-order valence-corrected chi connectivity index (χ2v) is 4.22. The molecule has 0 bridgehead atoms. The number of carbonyl (C=O) groups is 1. The number of halogens is 1. The number of hydrogen-bond donors (Lipinski definition) is 1. The normalized spacial score (nSPS) is 10.2. The summed E-state index contributed by atoms with van der Waals surface area (Å²) in [6.45, 7) is 0.686. The van der Waals surface area contributed by atoms with Crippen LogP contribution in [0, 0.1) is 10.1 Å². The number of hydrogen-bond acceptors (Lipinski definition) is 5. The molecule has 9 heteroatoms. The molecule has 1 aromatic heterocycles. The van der Waals surface area contributed by atoms with Crippen LogP contribution in [0.5, 0.6) is 0 Å². The number of aromatic nitrogens is 3. The zero-order valence-corrected chi connectivity index (χ0v) is 10.9. The fourth-order valence-electron chi connectivity index (χ4n) is 1.62. The van der Waals surface area contributed by atoms with E-state index in [1.165, 1.54) is 29.1 Å². The SMILES string of the molecule is O=C(NCCn1ccnn1)c1cccc(Cl)c1[N+](=O)[O-]. The minimum absolute atomic E-state index is 0.0684. The highest BCUT2D eigenvalue weighted by atomic mass is 35.5. The molecule has 0 spiro atoms. The molecule has 8 nitrogen and oxygen atoms in total. The molecule has 1 amide bonds. The summed E-state index contributed by atoms with van der Waals surface area (Å²) in [5, 5.41) is 20.8. The van der Waals surface area contributed by atoms with Crippen LogP contribution < -0.4 is 5.32 Å². The van der Waals surface area contributed by atoms with Crippen molar-refractivity contribution in [2.45, 2.75) is 6.54 Å². The molecule has 104 valence electrons. The van der Waals surface area contributed by atoms with Gasteiger partial charge in [-0.25, -0.2) is 0 Å². The third-order valence-corrected chi connectivity index (χ3v) is 2.82. The van der Waals surface area contributed by atoms with E-state index in [1.54, 1.807) is 6.20 Å². The van der Waals surface area contributed by atoms with Crippen LogP contribution in [0.25, 0.3) is 0 Å². The molecular formula is C11H10ClN5O3. The Morgan fingerprint density at radius 3 is 2.95 bits per heavy atom. The van der Waals surface area contributed by atoms with Crippen molar-refractivity contribution in [3.05, 3.63) is 51.3 Å². The van der Waals surface area contributed by atoms with Gasteiger partial charge < -0.3 is 5.32 Å². The largest absolute Gasteiger partial charge is 0.350 e. The van der Waals surface area contributed by atoms with Gasteiger partial charge in [0.1, 0.15) is 10.6 Å². The van der Waals surface area contributed by atoms with Crippen LogP contribution >= 0.6 is 11.6 Å². The van der Waals surface area contributed by atoms with Crippen molar-refractivity contribution >= 4 is 23.2 Å². The van der Waals surface area contributed by atoms with E-state index < -0.39 is 16.5 Å². The fourth-order valence-corrected chi connectivity index (χ4v) is 1.86. The Morgan fingerprint density at radius 2 is 2.30 bits per heavy atom. The Bertz CT molecular complexity index is 629. The Hall–Kier alpha value is -2.48. The molecule has 2 rings (SSSR count). The lowest BCUT2D eigenvalue weighted by Crippen LogP contribution is -2.28. The summed E-state index contributed by atoms with van der Waals surface area (Å²) in [5.74, 6) is -0.556. The lowest BCUT2D eigenvalue weighted by Gasteiger charge is -2.06. The molecule has 0 saturated carbocycles. The minimum Gasteiger partial charge on any atom is -0.350 e. The molecule has 1 heterocycles. The van der Waals surface area contributed by atoms with Gasteiger partial charge in [-0.05, 0) is 12.1 Å². The highest BCUT2D eigenvalue weighted by molar-refractivity contribution is 6.33. The number of amides is 1. The van der Waals surface area contributed by atoms with Crippen LogP contribution in [-0.2, 0) is 6.54 Å². The minimum atomic E-state index is -0.672. The van der Waals surface area contributed by atoms with Crippen LogP contribution in [0.2, 0.25) is 5.02 Å². The van der Waals surface area contributed by atoms with Crippen LogP contribution in [0.3, 0.4) is 0 Å². The second kappa shape index (κ2) is 6.11. The van der Waals surface area contributed by atoms with E-state index in [0.29, 0.717) is 6.54 Å². The third-order valence-electron chi connectivity index (χ3n) is 2.51. The first-order valence-corrected chi connectivity index (χ1v) is 6.02. The van der Waals surface area contributed by atoms with Gasteiger partial charge in [-0.3, -0.25) is 19.6 Å². The van der Waals surface area contributed by atoms with Crippen molar-refractivity contribution in [1.82, 2.24) is 20.3 Å². The number of nitro benzene ring substituents is 1. The van der Waals surface area contributed by atoms with Crippen molar-refractivity contribution in [2.24, 2.45) is 0 Å². The molecule has 0 aliphatic carbocycles. The van der Waals surface area contributed by atoms with Crippen molar-refractivity contribution in [3.63, 3.8) is 0 Å². The molecule has 0 atom stereocenters. The molecule has 1 aromatic carbocycles. The third kappa shape index (κ3) is 3.09. The predicted molar refractivity (Wildman–Crippen MR) is 70.5 cm³/mol. The zero-order valence-electron chi connectivity index (χ0n) is 10.2. The Morgan fingerprint density at radius 1 is 1.50 bits per heavy atom. The first-order chi connectivity index (χ1) is 9.59. The summed E-state index contributed by atoms with van der Waals surface area (Å²) in [4.78, 5) is 22.2. The Balaban J connectivity index is 2.06. The lowest BCUT2D eigenvalue weighted by molar-refractivity contribution is -0.385. The molecule has 0 aliphatic heterocycles. The zero-order chi connectivity index (χ0) is 14.5. The number of nitrogens with one attached hydrogen (secondary N) is 1. The number of nitrogens with zero attached hydrogens (tertiary/aromatic N) is 4. The van der Waals surface area contributed by atoms with Gasteiger partial charge in [0.2, 0.25) is 0 Å². The number of carbonyl (C=O) groups excluding carboxylic acids is 1. The Kier molecular flexibility index (Phi) is 4.26. The second-order valence-electron chi connectivity index (χ2n) is 3.82. The number of rotatable bonds is 5. The van der Waals surface area contributed by atoms with Crippen LogP contribution in [0.1, 0.15) is 10.4 Å². The van der Waals surface area contributed by atoms with E-state index in [-0.39, 0.29) is 17.1 Å². The van der Waals surface area contributed by atoms with Crippen molar-refractivity contribution < 1.29 is 9.72 Å². The lowest BCUT2D eigenvalue weighted by atomic mass is 10.1. The monoisotopic (exact) mass is 295 g/mol. The van der Waals surface area contributed by atoms with E-state index >= 15 is 0 Å². The molecule has 20 heavy (non-hydrogen) atoms. The van der Waals surface area contributed by atoms with Gasteiger partial charge in [-0.2, -0.15) is 0 Å². The van der Waals surface area contributed by atoms with Crippen molar-refractivity contribution in [3.8, 4) is 0 Å². The Labute approximate surface area is 118 Å². The first-order valence-electron chi connectivity index (χ1n) is 5.65. The molecule has 0 saturated heterocycles. The van der Waals surface area contributed by atoms with E-state index in [9.17, 15) is 14.9 Å². The summed E-state index contributed by atoms with van der Waals surface area (Å²) < 4.78 is 1.53. The molecule has 2 aromatic rings. The average molecular weight is 296 g/mol. The van der Waals surface area contributed by atoms with Gasteiger partial charge in [0.25, 0.3) is 5.91 Å². The van der Waals surface area contributed by atoms with E-state index in [4.69, 9.17) is 11.6 Å². The van der Waals surface area contributed by atoms with E-state index in [0.717, 1.165) is 0 Å². The van der Waals surface area contributed by atoms with Gasteiger partial charge >= 0.3 is 5.69 Å². The number of nitro groups is 1. The number of benzene rings is 1. The molecule has 1 N–H and O–H groups in total.